The lowest BCUT2D eigenvalue weighted by atomic mass is 10.1. The summed E-state index contributed by atoms with van der Waals surface area (Å²) in [6, 6.07) is 18.6. The van der Waals surface area contributed by atoms with Crippen LogP contribution in [0.25, 0.3) is 27.8 Å². The Labute approximate surface area is 227 Å². The second-order valence-electron chi connectivity index (χ2n) is 10.1. The van der Waals surface area contributed by atoms with Gasteiger partial charge >= 0.3 is 0 Å². The summed E-state index contributed by atoms with van der Waals surface area (Å²) < 4.78 is 1.95. The average molecular weight is 521 g/mol. The van der Waals surface area contributed by atoms with Gasteiger partial charge in [0.15, 0.2) is 5.65 Å². The van der Waals surface area contributed by atoms with Crippen LogP contribution in [0.5, 0.6) is 0 Å². The van der Waals surface area contributed by atoms with E-state index >= 15 is 0 Å². The lowest BCUT2D eigenvalue weighted by Gasteiger charge is -2.36. The Morgan fingerprint density at radius 2 is 1.77 bits per heavy atom. The number of aromatic nitrogens is 4. The molecule has 1 fully saturated rings. The summed E-state index contributed by atoms with van der Waals surface area (Å²) in [6.07, 6.45) is 5.32. The zero-order chi connectivity index (χ0) is 26.9. The molecular weight excluding hydrogens is 488 g/mol. The number of imidazole rings is 1. The largest absolute Gasteiger partial charge is 0.378 e. The molecule has 198 valence electrons. The third-order valence-corrected chi connectivity index (χ3v) is 7.29. The number of para-hydroxylation sites is 1. The molecule has 39 heavy (non-hydrogen) atoms. The van der Waals surface area contributed by atoms with E-state index in [2.05, 4.69) is 73.6 Å². The van der Waals surface area contributed by atoms with Gasteiger partial charge in [0.1, 0.15) is 11.5 Å². The number of piperazine rings is 1. The number of carbonyl (C=O) groups excluding carboxylic acids is 1. The van der Waals surface area contributed by atoms with Crippen LogP contribution in [-0.2, 0) is 4.79 Å². The molecule has 0 unspecified atom stereocenters. The zero-order valence-electron chi connectivity index (χ0n) is 22.5. The summed E-state index contributed by atoms with van der Waals surface area (Å²) >= 11 is 0. The van der Waals surface area contributed by atoms with Crippen LogP contribution in [0.4, 0.5) is 17.2 Å². The molecular formula is C30H32N8O. The highest BCUT2D eigenvalue weighted by atomic mass is 16.2. The maximum absolute atomic E-state index is 13.3. The summed E-state index contributed by atoms with van der Waals surface area (Å²) in [5.41, 5.74) is 6.81. The Bertz CT molecular complexity index is 1630. The maximum atomic E-state index is 13.3. The van der Waals surface area contributed by atoms with E-state index in [0.29, 0.717) is 13.1 Å². The number of pyridine rings is 1. The van der Waals surface area contributed by atoms with E-state index in [1.165, 1.54) is 5.69 Å². The van der Waals surface area contributed by atoms with Crippen LogP contribution in [0.2, 0.25) is 0 Å². The van der Waals surface area contributed by atoms with Crippen LogP contribution in [0.1, 0.15) is 5.69 Å². The minimum atomic E-state index is 0.0725. The number of benzene rings is 2. The second-order valence-corrected chi connectivity index (χ2v) is 10.1. The number of hydrogen-bond donors (Lipinski definition) is 1. The molecule has 1 aliphatic rings. The second kappa shape index (κ2) is 10.2. The van der Waals surface area contributed by atoms with E-state index in [1.54, 1.807) is 12.4 Å². The van der Waals surface area contributed by atoms with Crippen molar-refractivity contribution in [2.24, 2.45) is 0 Å². The normalized spacial score (nSPS) is 13.7. The van der Waals surface area contributed by atoms with Gasteiger partial charge in [-0.1, -0.05) is 30.3 Å². The Morgan fingerprint density at radius 1 is 1.00 bits per heavy atom. The number of rotatable bonds is 6. The van der Waals surface area contributed by atoms with Gasteiger partial charge in [-0.15, -0.1) is 0 Å². The Hall–Kier alpha value is -4.66. The van der Waals surface area contributed by atoms with Crippen LogP contribution in [0.3, 0.4) is 0 Å². The molecule has 0 radical (unpaired) electrons. The van der Waals surface area contributed by atoms with E-state index < -0.39 is 0 Å². The molecule has 5 aromatic rings. The van der Waals surface area contributed by atoms with Gasteiger partial charge in [0, 0.05) is 80.7 Å². The quantitative estimate of drug-likeness (QED) is 0.361. The molecule has 0 atom stereocenters. The fourth-order valence-electron chi connectivity index (χ4n) is 5.21. The van der Waals surface area contributed by atoms with Crippen LogP contribution in [-0.4, -0.2) is 77.0 Å². The third kappa shape index (κ3) is 4.83. The van der Waals surface area contributed by atoms with Crippen LogP contribution < -0.4 is 15.1 Å². The minimum Gasteiger partial charge on any atom is -0.378 e. The number of anilines is 3. The first-order chi connectivity index (χ1) is 19.0. The van der Waals surface area contributed by atoms with Crippen molar-refractivity contribution < 1.29 is 4.79 Å². The van der Waals surface area contributed by atoms with Gasteiger partial charge in [0.25, 0.3) is 0 Å². The molecule has 9 nitrogen and oxygen atoms in total. The summed E-state index contributed by atoms with van der Waals surface area (Å²) in [7, 11) is 4.04. The van der Waals surface area contributed by atoms with E-state index in [1.807, 2.05) is 42.6 Å². The van der Waals surface area contributed by atoms with Crippen LogP contribution >= 0.6 is 0 Å². The molecule has 0 saturated carbocycles. The number of fused-ring (bicyclic) bond motifs is 2. The van der Waals surface area contributed by atoms with E-state index in [4.69, 9.17) is 4.98 Å². The number of nitrogens with one attached hydrogen (secondary N) is 1. The smallest absolute Gasteiger partial charge is 0.242 e. The fraction of sp³-hybridized carbons (Fsp3) is 0.267. The SMILES string of the molecule is Cc1cc(N2CCN(C(=O)CNc3c(-c4ccc(N(C)C)cc4)nc4cnccn34)CC2)c2ccccc2n1. The first-order valence-corrected chi connectivity index (χ1v) is 13.2. The van der Waals surface area contributed by atoms with Gasteiger partial charge in [0.05, 0.1) is 18.3 Å². The number of nitrogens with zero attached hydrogens (tertiary/aromatic N) is 7. The van der Waals surface area contributed by atoms with Crippen molar-refractivity contribution in [3.63, 3.8) is 0 Å². The van der Waals surface area contributed by atoms with Crippen molar-refractivity contribution in [1.29, 1.82) is 0 Å². The van der Waals surface area contributed by atoms with Crippen molar-refractivity contribution in [3.05, 3.63) is 78.9 Å². The molecule has 1 amide bonds. The molecule has 9 heteroatoms. The lowest BCUT2D eigenvalue weighted by molar-refractivity contribution is -0.129. The first-order valence-electron chi connectivity index (χ1n) is 13.2. The summed E-state index contributed by atoms with van der Waals surface area (Å²) in [6.45, 7) is 5.13. The predicted octanol–water partition coefficient (Wildman–Crippen LogP) is 4.08. The lowest BCUT2D eigenvalue weighted by Crippen LogP contribution is -2.50. The summed E-state index contributed by atoms with van der Waals surface area (Å²) in [5.74, 6) is 0.860. The van der Waals surface area contributed by atoms with E-state index in [-0.39, 0.29) is 12.5 Å². The highest BCUT2D eigenvalue weighted by molar-refractivity contribution is 5.92. The summed E-state index contributed by atoms with van der Waals surface area (Å²) in [5, 5.41) is 4.54. The van der Waals surface area contributed by atoms with Crippen molar-refractivity contribution in [2.75, 3.05) is 61.9 Å². The molecule has 1 N–H and O–H groups in total. The molecule has 3 aromatic heterocycles. The number of aryl methyl sites for hydroxylation is 1. The van der Waals surface area contributed by atoms with Gasteiger partial charge in [0.2, 0.25) is 5.91 Å². The monoisotopic (exact) mass is 520 g/mol. The molecule has 0 spiro atoms. The van der Waals surface area contributed by atoms with Crippen LogP contribution in [0.15, 0.2) is 73.2 Å². The van der Waals surface area contributed by atoms with Gasteiger partial charge in [-0.3, -0.25) is 19.2 Å². The van der Waals surface area contributed by atoms with Crippen molar-refractivity contribution >= 4 is 39.6 Å². The van der Waals surface area contributed by atoms with Crippen LogP contribution in [0, 0.1) is 6.92 Å². The number of carbonyl (C=O) groups is 1. The fourth-order valence-corrected chi connectivity index (χ4v) is 5.21. The topological polar surface area (TPSA) is 81.9 Å². The molecule has 1 saturated heterocycles. The van der Waals surface area contributed by atoms with Gasteiger partial charge < -0.3 is 20.0 Å². The molecule has 2 aromatic carbocycles. The zero-order valence-corrected chi connectivity index (χ0v) is 22.5. The Morgan fingerprint density at radius 3 is 2.54 bits per heavy atom. The predicted molar refractivity (Wildman–Crippen MR) is 157 cm³/mol. The third-order valence-electron chi connectivity index (χ3n) is 7.29. The minimum absolute atomic E-state index is 0.0725. The van der Waals surface area contributed by atoms with Gasteiger partial charge in [-0.2, -0.15) is 0 Å². The molecule has 4 heterocycles. The standard InChI is InChI=1S/C30H32N8O/c1-21-18-26(24-6-4-5-7-25(24)33-21)36-14-16-37(17-15-36)28(39)20-32-30-29(34-27-19-31-12-13-38(27)30)22-8-10-23(11-9-22)35(2)3/h4-13,18-19,32H,14-17,20H2,1-3H3. The van der Waals surface area contributed by atoms with Crippen molar-refractivity contribution in [2.45, 2.75) is 6.92 Å². The molecule has 6 rings (SSSR count). The molecule has 0 bridgehead atoms. The van der Waals surface area contributed by atoms with Gasteiger partial charge in [-0.05, 0) is 31.2 Å². The first kappa shape index (κ1) is 24.7. The van der Waals surface area contributed by atoms with E-state index in [0.717, 1.165) is 58.1 Å². The number of hydrogen-bond acceptors (Lipinski definition) is 7. The highest BCUT2D eigenvalue weighted by Crippen LogP contribution is 2.30. The Kier molecular flexibility index (Phi) is 6.48. The summed E-state index contributed by atoms with van der Waals surface area (Å²) in [4.78, 5) is 33.4. The maximum Gasteiger partial charge on any atom is 0.242 e. The molecule has 1 aliphatic heterocycles. The average Bonchev–Trinajstić information content (AvgIpc) is 3.34. The van der Waals surface area contributed by atoms with E-state index in [9.17, 15) is 4.79 Å². The highest BCUT2D eigenvalue weighted by Gasteiger charge is 2.23. The molecule has 0 aliphatic carbocycles. The van der Waals surface area contributed by atoms with Gasteiger partial charge in [-0.25, -0.2) is 4.98 Å². The number of amides is 1. The van der Waals surface area contributed by atoms with Crippen molar-refractivity contribution in [3.8, 4) is 11.3 Å². The van der Waals surface area contributed by atoms with Crippen molar-refractivity contribution in [1.82, 2.24) is 24.3 Å². The Balaban J connectivity index is 1.17.